The fourth-order valence-electron chi connectivity index (χ4n) is 3.35. The van der Waals surface area contributed by atoms with E-state index in [1.807, 2.05) is 44.3 Å². The summed E-state index contributed by atoms with van der Waals surface area (Å²) in [7, 11) is 1.86. The summed E-state index contributed by atoms with van der Waals surface area (Å²) in [6, 6.07) is 10.1. The average molecular weight is 384 g/mol. The van der Waals surface area contributed by atoms with Crippen molar-refractivity contribution in [3.05, 3.63) is 52.2 Å². The molecule has 1 aliphatic rings. The number of amides is 1. The topological polar surface area (TPSA) is 46.1 Å². The lowest BCUT2D eigenvalue weighted by molar-refractivity contribution is -0.127. The first-order chi connectivity index (χ1) is 12.6. The number of aryl methyl sites for hydroxylation is 3. The molecule has 0 aliphatic heterocycles. The smallest absolute Gasteiger partial charge is 0.233 e. The summed E-state index contributed by atoms with van der Waals surface area (Å²) in [5.74, 6) is 1.31. The van der Waals surface area contributed by atoms with Crippen molar-refractivity contribution in [1.82, 2.24) is 14.9 Å². The Morgan fingerprint density at radius 3 is 2.85 bits per heavy atom. The van der Waals surface area contributed by atoms with Crippen LogP contribution in [0.3, 0.4) is 0 Å². The van der Waals surface area contributed by atoms with E-state index in [1.165, 1.54) is 22.2 Å². The van der Waals surface area contributed by atoms with E-state index in [1.54, 1.807) is 28.0 Å². The lowest BCUT2D eigenvalue weighted by Crippen LogP contribution is -2.27. The van der Waals surface area contributed by atoms with E-state index in [0.29, 0.717) is 12.3 Å². The van der Waals surface area contributed by atoms with Crippen LogP contribution in [0.15, 0.2) is 35.4 Å². The summed E-state index contributed by atoms with van der Waals surface area (Å²) in [5, 5.41) is 2.16. The Morgan fingerprint density at radius 1 is 1.23 bits per heavy atom. The van der Waals surface area contributed by atoms with Gasteiger partial charge in [0.05, 0.1) is 5.75 Å². The zero-order valence-electron chi connectivity index (χ0n) is 15.0. The van der Waals surface area contributed by atoms with Gasteiger partial charge in [-0.2, -0.15) is 0 Å². The highest BCUT2D eigenvalue weighted by atomic mass is 32.2. The number of carbonyl (C=O) groups excluding carboxylic acids is 1. The Kier molecular flexibility index (Phi) is 4.96. The van der Waals surface area contributed by atoms with Gasteiger partial charge in [-0.3, -0.25) is 4.79 Å². The van der Waals surface area contributed by atoms with E-state index in [-0.39, 0.29) is 5.91 Å². The molecule has 0 N–H and O–H groups in total. The number of benzene rings is 1. The number of aromatic nitrogens is 2. The van der Waals surface area contributed by atoms with Crippen LogP contribution in [0, 0.1) is 6.92 Å². The van der Waals surface area contributed by atoms with Crippen LogP contribution in [0.25, 0.3) is 10.2 Å². The lowest BCUT2D eigenvalue weighted by atomic mass is 10.2. The molecule has 0 radical (unpaired) electrons. The van der Waals surface area contributed by atoms with Gasteiger partial charge in [-0.25, -0.2) is 9.97 Å². The van der Waals surface area contributed by atoms with Gasteiger partial charge in [0.2, 0.25) is 5.91 Å². The van der Waals surface area contributed by atoms with Gasteiger partial charge in [0.15, 0.2) is 0 Å². The molecule has 26 heavy (non-hydrogen) atoms. The number of hydrogen-bond acceptors (Lipinski definition) is 5. The third-order valence-electron chi connectivity index (χ3n) is 4.66. The molecular weight excluding hydrogens is 362 g/mol. The Balaban J connectivity index is 1.50. The molecule has 0 saturated heterocycles. The second-order valence-electron chi connectivity index (χ2n) is 6.64. The van der Waals surface area contributed by atoms with Crippen LogP contribution in [0.4, 0.5) is 0 Å². The minimum atomic E-state index is 0.121. The average Bonchev–Trinajstić information content (AvgIpc) is 3.20. The third-order valence-corrected chi connectivity index (χ3v) is 6.81. The van der Waals surface area contributed by atoms with Gasteiger partial charge in [0.1, 0.15) is 15.7 Å². The van der Waals surface area contributed by atoms with Gasteiger partial charge in [-0.05, 0) is 37.3 Å². The summed E-state index contributed by atoms with van der Waals surface area (Å²) in [6.07, 6.45) is 3.48. The van der Waals surface area contributed by atoms with Crippen molar-refractivity contribution in [3.63, 3.8) is 0 Å². The highest BCUT2D eigenvalue weighted by Gasteiger charge is 2.22. The first-order valence-electron chi connectivity index (χ1n) is 8.81. The van der Waals surface area contributed by atoms with E-state index in [0.717, 1.165) is 34.1 Å². The fraction of sp³-hybridized carbons (Fsp3) is 0.350. The summed E-state index contributed by atoms with van der Waals surface area (Å²) >= 11 is 3.34. The molecule has 0 fully saturated rings. The molecule has 4 rings (SSSR count). The highest BCUT2D eigenvalue weighted by molar-refractivity contribution is 8.00. The van der Waals surface area contributed by atoms with Gasteiger partial charge in [-0.15, -0.1) is 11.3 Å². The zero-order valence-corrected chi connectivity index (χ0v) is 16.6. The molecule has 6 heteroatoms. The molecule has 4 nitrogen and oxygen atoms in total. The Bertz CT molecular complexity index is 953. The Hall–Kier alpha value is -1.92. The van der Waals surface area contributed by atoms with E-state index in [2.05, 4.69) is 9.97 Å². The minimum absolute atomic E-state index is 0.121. The summed E-state index contributed by atoms with van der Waals surface area (Å²) in [6.45, 7) is 2.56. The maximum absolute atomic E-state index is 12.6. The summed E-state index contributed by atoms with van der Waals surface area (Å²) in [5.41, 5.74) is 2.56. The van der Waals surface area contributed by atoms with Gasteiger partial charge in [0, 0.05) is 23.9 Å². The summed E-state index contributed by atoms with van der Waals surface area (Å²) in [4.78, 5) is 26.2. The molecule has 0 bridgehead atoms. The van der Waals surface area contributed by atoms with E-state index in [4.69, 9.17) is 0 Å². The lowest BCUT2D eigenvalue weighted by Gasteiger charge is -2.17. The van der Waals surface area contributed by atoms with Gasteiger partial charge in [-0.1, -0.05) is 42.1 Å². The molecule has 1 amide bonds. The maximum Gasteiger partial charge on any atom is 0.233 e. The predicted molar refractivity (Wildman–Crippen MR) is 108 cm³/mol. The SMILES string of the molecule is Cc1nc(SCC(=O)N(C)Cc2ccccc2)c2c3c(sc2n1)CCC3. The zero-order chi connectivity index (χ0) is 18.1. The van der Waals surface area contributed by atoms with E-state index < -0.39 is 0 Å². The summed E-state index contributed by atoms with van der Waals surface area (Å²) < 4.78 is 0. The number of nitrogens with zero attached hydrogens (tertiary/aromatic N) is 3. The Labute approximate surface area is 161 Å². The van der Waals surface area contributed by atoms with Crippen molar-refractivity contribution in [2.24, 2.45) is 0 Å². The first kappa shape index (κ1) is 17.5. The molecule has 0 saturated carbocycles. The van der Waals surface area contributed by atoms with Crippen LogP contribution in [0.1, 0.15) is 28.2 Å². The molecule has 0 spiro atoms. The monoisotopic (exact) mass is 383 g/mol. The van der Waals surface area contributed by atoms with Crippen molar-refractivity contribution in [2.45, 2.75) is 37.8 Å². The van der Waals surface area contributed by atoms with E-state index in [9.17, 15) is 4.79 Å². The molecule has 134 valence electrons. The number of rotatable bonds is 5. The largest absolute Gasteiger partial charge is 0.341 e. The quantitative estimate of drug-likeness (QED) is 0.488. The van der Waals surface area contributed by atoms with Crippen LogP contribution >= 0.6 is 23.1 Å². The molecule has 0 unspecified atom stereocenters. The fourth-order valence-corrected chi connectivity index (χ4v) is 5.77. The standard InChI is InChI=1S/C20H21N3OS2/c1-13-21-19(18-15-9-6-10-16(15)26-20(18)22-13)25-12-17(24)23(2)11-14-7-4-3-5-8-14/h3-5,7-8H,6,9-12H2,1-2H3. The molecule has 3 aromatic rings. The van der Waals surface area contributed by atoms with Crippen LogP contribution in [0.2, 0.25) is 0 Å². The number of hydrogen-bond donors (Lipinski definition) is 0. The number of thioether (sulfide) groups is 1. The minimum Gasteiger partial charge on any atom is -0.341 e. The van der Waals surface area contributed by atoms with Crippen molar-refractivity contribution in [2.75, 3.05) is 12.8 Å². The van der Waals surface area contributed by atoms with E-state index >= 15 is 0 Å². The second kappa shape index (κ2) is 7.37. The molecule has 0 atom stereocenters. The number of thiophene rings is 1. The highest BCUT2D eigenvalue weighted by Crippen LogP contribution is 2.40. The van der Waals surface area contributed by atoms with Crippen LogP contribution in [0.5, 0.6) is 0 Å². The number of carbonyl (C=O) groups is 1. The normalized spacial score (nSPS) is 13.2. The van der Waals surface area contributed by atoms with Gasteiger partial charge < -0.3 is 4.90 Å². The number of fused-ring (bicyclic) bond motifs is 3. The van der Waals surface area contributed by atoms with Crippen molar-refractivity contribution in [3.8, 4) is 0 Å². The molecule has 1 aromatic carbocycles. The first-order valence-corrected chi connectivity index (χ1v) is 10.6. The van der Waals surface area contributed by atoms with Crippen molar-refractivity contribution >= 4 is 39.2 Å². The Morgan fingerprint density at radius 2 is 2.04 bits per heavy atom. The molecule has 1 aliphatic carbocycles. The van der Waals surface area contributed by atoms with Crippen molar-refractivity contribution in [1.29, 1.82) is 0 Å². The van der Waals surface area contributed by atoms with Gasteiger partial charge >= 0.3 is 0 Å². The van der Waals surface area contributed by atoms with Crippen LogP contribution < -0.4 is 0 Å². The maximum atomic E-state index is 12.6. The van der Waals surface area contributed by atoms with Gasteiger partial charge in [0.25, 0.3) is 0 Å². The van der Waals surface area contributed by atoms with Crippen molar-refractivity contribution < 1.29 is 4.79 Å². The molecular formula is C20H21N3OS2. The predicted octanol–water partition coefficient (Wildman–Crippen LogP) is 4.24. The molecule has 2 heterocycles. The molecule has 2 aromatic heterocycles. The van der Waals surface area contributed by atoms with Crippen LogP contribution in [-0.4, -0.2) is 33.6 Å². The third kappa shape index (κ3) is 3.48. The van der Waals surface area contributed by atoms with Crippen LogP contribution in [-0.2, 0) is 24.2 Å². The second-order valence-corrected chi connectivity index (χ2v) is 8.69.